The van der Waals surface area contributed by atoms with E-state index >= 15 is 0 Å². The summed E-state index contributed by atoms with van der Waals surface area (Å²) >= 11 is 8.76. The van der Waals surface area contributed by atoms with Crippen LogP contribution >= 0.6 is 28.1 Å². The molecule has 0 atom stereocenters. The van der Waals surface area contributed by atoms with Crippen molar-refractivity contribution >= 4 is 45.2 Å². The standard InChI is InChI=1S/C21H20BrFN2O3S/c1-3-8-25-20(26)17(24-21(25)29)9-14-10-18(27-2)19(11-16(14)22)28-12-13-4-6-15(23)7-5-13/h4-7,9-11H,3,8,12H2,1-2H3,(H,24,29)/b17-9-. The summed E-state index contributed by atoms with van der Waals surface area (Å²) in [4.78, 5) is 14.1. The summed E-state index contributed by atoms with van der Waals surface area (Å²) in [6.07, 6.45) is 2.54. The van der Waals surface area contributed by atoms with Crippen molar-refractivity contribution in [3.05, 3.63) is 63.5 Å². The molecule has 0 spiro atoms. The SMILES string of the molecule is CCCN1C(=O)/C(=C/c2cc(OC)c(OCc3ccc(F)cc3)cc2Br)NC1=S. The number of rotatable bonds is 7. The molecule has 2 aromatic rings. The topological polar surface area (TPSA) is 50.8 Å². The van der Waals surface area contributed by atoms with Crippen LogP contribution in [0.15, 0.2) is 46.6 Å². The first-order valence-electron chi connectivity index (χ1n) is 9.02. The van der Waals surface area contributed by atoms with Crippen LogP contribution in [0.3, 0.4) is 0 Å². The highest BCUT2D eigenvalue weighted by Crippen LogP contribution is 2.35. The molecule has 152 valence electrons. The van der Waals surface area contributed by atoms with Gasteiger partial charge in [-0.15, -0.1) is 0 Å². The summed E-state index contributed by atoms with van der Waals surface area (Å²) in [5, 5.41) is 3.37. The second-order valence-corrected chi connectivity index (χ2v) is 7.63. The minimum atomic E-state index is -0.293. The monoisotopic (exact) mass is 478 g/mol. The van der Waals surface area contributed by atoms with Crippen LogP contribution in [0.5, 0.6) is 11.5 Å². The number of nitrogens with zero attached hydrogens (tertiary/aromatic N) is 1. The lowest BCUT2D eigenvalue weighted by Crippen LogP contribution is -2.31. The van der Waals surface area contributed by atoms with Crippen molar-refractivity contribution < 1.29 is 18.7 Å². The number of hydrogen-bond donors (Lipinski definition) is 1. The molecule has 0 bridgehead atoms. The van der Waals surface area contributed by atoms with E-state index in [4.69, 9.17) is 21.7 Å². The minimum Gasteiger partial charge on any atom is -0.493 e. The molecule has 1 heterocycles. The first-order chi connectivity index (χ1) is 13.9. The van der Waals surface area contributed by atoms with Gasteiger partial charge in [-0.25, -0.2) is 4.39 Å². The molecular weight excluding hydrogens is 459 g/mol. The molecule has 0 aromatic heterocycles. The van der Waals surface area contributed by atoms with Gasteiger partial charge in [0, 0.05) is 11.0 Å². The molecule has 1 fully saturated rings. The van der Waals surface area contributed by atoms with E-state index in [1.165, 1.54) is 12.1 Å². The Morgan fingerprint density at radius 2 is 1.97 bits per heavy atom. The number of thiocarbonyl (C=S) groups is 1. The maximum atomic E-state index is 13.0. The van der Waals surface area contributed by atoms with Crippen LogP contribution < -0.4 is 14.8 Å². The van der Waals surface area contributed by atoms with E-state index in [9.17, 15) is 9.18 Å². The predicted molar refractivity (Wildman–Crippen MR) is 117 cm³/mol. The van der Waals surface area contributed by atoms with Gasteiger partial charge >= 0.3 is 0 Å². The van der Waals surface area contributed by atoms with Crippen molar-refractivity contribution in [2.24, 2.45) is 0 Å². The van der Waals surface area contributed by atoms with Gasteiger partial charge < -0.3 is 14.8 Å². The summed E-state index contributed by atoms with van der Waals surface area (Å²) in [7, 11) is 1.54. The van der Waals surface area contributed by atoms with Gasteiger partial charge in [-0.05, 0) is 60.1 Å². The highest BCUT2D eigenvalue weighted by Gasteiger charge is 2.30. The number of hydrogen-bond acceptors (Lipinski definition) is 4. The molecule has 5 nitrogen and oxygen atoms in total. The zero-order chi connectivity index (χ0) is 21.0. The van der Waals surface area contributed by atoms with Crippen molar-refractivity contribution in [3.63, 3.8) is 0 Å². The molecule has 1 aliphatic rings. The second-order valence-electron chi connectivity index (χ2n) is 6.38. The zero-order valence-electron chi connectivity index (χ0n) is 16.0. The van der Waals surface area contributed by atoms with Crippen LogP contribution in [0, 0.1) is 5.82 Å². The Hall–Kier alpha value is -2.45. The van der Waals surface area contributed by atoms with E-state index in [1.54, 1.807) is 42.4 Å². The van der Waals surface area contributed by atoms with Gasteiger partial charge in [-0.3, -0.25) is 9.69 Å². The van der Waals surface area contributed by atoms with Crippen LogP contribution in [0.2, 0.25) is 0 Å². The Labute approximate surface area is 182 Å². The summed E-state index contributed by atoms with van der Waals surface area (Å²) in [5.74, 6) is 0.596. The number of nitrogens with one attached hydrogen (secondary N) is 1. The lowest BCUT2D eigenvalue weighted by molar-refractivity contribution is -0.122. The number of ether oxygens (including phenoxy) is 2. The molecule has 1 saturated heterocycles. The van der Waals surface area contributed by atoms with E-state index < -0.39 is 0 Å². The third-order valence-corrected chi connectivity index (χ3v) is 5.31. The maximum absolute atomic E-state index is 13.0. The Morgan fingerprint density at radius 3 is 2.62 bits per heavy atom. The molecule has 0 saturated carbocycles. The van der Waals surface area contributed by atoms with Crippen molar-refractivity contribution in [2.45, 2.75) is 20.0 Å². The van der Waals surface area contributed by atoms with E-state index in [2.05, 4.69) is 21.2 Å². The molecule has 0 aliphatic carbocycles. The van der Waals surface area contributed by atoms with Gasteiger partial charge in [0.15, 0.2) is 16.6 Å². The minimum absolute atomic E-state index is 0.153. The van der Waals surface area contributed by atoms with Crippen molar-refractivity contribution in [3.8, 4) is 11.5 Å². The Morgan fingerprint density at radius 1 is 1.24 bits per heavy atom. The van der Waals surface area contributed by atoms with E-state index in [0.717, 1.165) is 22.0 Å². The summed E-state index contributed by atoms with van der Waals surface area (Å²) < 4.78 is 25.1. The average molecular weight is 479 g/mol. The van der Waals surface area contributed by atoms with Gasteiger partial charge in [0.05, 0.1) is 7.11 Å². The van der Waals surface area contributed by atoms with Crippen LogP contribution in [0.1, 0.15) is 24.5 Å². The molecule has 1 amide bonds. The molecular formula is C21H20BrFN2O3S. The molecule has 2 aromatic carbocycles. The quantitative estimate of drug-likeness (QED) is 0.463. The van der Waals surface area contributed by atoms with Crippen molar-refractivity contribution in [2.75, 3.05) is 13.7 Å². The Balaban J connectivity index is 1.82. The Kier molecular flexibility index (Phi) is 6.87. The van der Waals surface area contributed by atoms with Gasteiger partial charge in [0.2, 0.25) is 0 Å². The normalized spacial score (nSPS) is 15.0. The number of amides is 1. The highest BCUT2D eigenvalue weighted by molar-refractivity contribution is 9.10. The molecule has 29 heavy (non-hydrogen) atoms. The second kappa shape index (κ2) is 9.37. The first kappa shape index (κ1) is 21.3. The lowest BCUT2D eigenvalue weighted by atomic mass is 10.1. The smallest absolute Gasteiger partial charge is 0.276 e. The number of halogens is 2. The van der Waals surface area contributed by atoms with Crippen LogP contribution in [-0.2, 0) is 11.4 Å². The molecule has 1 aliphatic heterocycles. The highest BCUT2D eigenvalue weighted by atomic mass is 79.9. The number of carbonyl (C=O) groups is 1. The Bertz CT molecular complexity index is 963. The van der Waals surface area contributed by atoms with Crippen molar-refractivity contribution in [1.29, 1.82) is 0 Å². The molecule has 8 heteroatoms. The van der Waals surface area contributed by atoms with Gasteiger partial charge in [0.25, 0.3) is 5.91 Å². The third kappa shape index (κ3) is 4.94. The molecule has 3 rings (SSSR count). The van der Waals surface area contributed by atoms with E-state index in [-0.39, 0.29) is 18.3 Å². The summed E-state index contributed by atoms with van der Waals surface area (Å²) in [6, 6.07) is 9.65. The molecule has 0 unspecified atom stereocenters. The van der Waals surface area contributed by atoms with Gasteiger partial charge in [0.1, 0.15) is 18.1 Å². The largest absolute Gasteiger partial charge is 0.493 e. The summed E-state index contributed by atoms with van der Waals surface area (Å²) in [6.45, 7) is 2.83. The predicted octanol–water partition coefficient (Wildman–Crippen LogP) is 4.64. The van der Waals surface area contributed by atoms with Crippen LogP contribution in [0.25, 0.3) is 6.08 Å². The van der Waals surface area contributed by atoms with Crippen LogP contribution in [0.4, 0.5) is 4.39 Å². The zero-order valence-corrected chi connectivity index (χ0v) is 18.4. The molecule has 1 N–H and O–H groups in total. The van der Waals surface area contributed by atoms with Gasteiger partial charge in [-0.1, -0.05) is 35.0 Å². The maximum Gasteiger partial charge on any atom is 0.276 e. The van der Waals surface area contributed by atoms with Crippen LogP contribution in [-0.4, -0.2) is 29.6 Å². The first-order valence-corrected chi connectivity index (χ1v) is 10.2. The fourth-order valence-corrected chi connectivity index (χ4v) is 3.55. The fourth-order valence-electron chi connectivity index (χ4n) is 2.83. The summed E-state index contributed by atoms with van der Waals surface area (Å²) in [5.41, 5.74) is 1.99. The van der Waals surface area contributed by atoms with Gasteiger partial charge in [-0.2, -0.15) is 0 Å². The number of carbonyl (C=O) groups excluding carboxylic acids is 1. The number of methoxy groups -OCH3 is 1. The van der Waals surface area contributed by atoms with E-state index in [0.29, 0.717) is 28.9 Å². The fraction of sp³-hybridized carbons (Fsp3) is 0.238. The lowest BCUT2D eigenvalue weighted by Gasteiger charge is -2.13. The average Bonchev–Trinajstić information content (AvgIpc) is 2.97. The number of benzene rings is 2. The third-order valence-electron chi connectivity index (χ3n) is 4.30. The van der Waals surface area contributed by atoms with E-state index in [1.807, 2.05) is 6.92 Å². The molecule has 0 radical (unpaired) electrons. The van der Waals surface area contributed by atoms with Crippen molar-refractivity contribution in [1.82, 2.24) is 10.2 Å².